The van der Waals surface area contributed by atoms with Gasteiger partial charge in [-0.2, -0.15) is 0 Å². The van der Waals surface area contributed by atoms with E-state index in [0.29, 0.717) is 28.4 Å². The van der Waals surface area contributed by atoms with Gasteiger partial charge in [-0.3, -0.25) is 0 Å². The van der Waals surface area contributed by atoms with Crippen LogP contribution >= 0.6 is 0 Å². The van der Waals surface area contributed by atoms with E-state index in [1.165, 1.54) is 33.5 Å². The highest BCUT2D eigenvalue weighted by Gasteiger charge is 2.27. The summed E-state index contributed by atoms with van der Waals surface area (Å²) in [6, 6.07) is 19.5. The van der Waals surface area contributed by atoms with Gasteiger partial charge in [-0.1, -0.05) is 48.5 Å². The van der Waals surface area contributed by atoms with Gasteiger partial charge < -0.3 is 23.7 Å². The number of rotatable bonds is 8. The molecule has 0 aliphatic carbocycles. The minimum Gasteiger partial charge on any atom is -0.493 e. The summed E-state index contributed by atoms with van der Waals surface area (Å²) in [6.45, 7) is 0. The smallest absolute Gasteiger partial charge is 0.363 e. The van der Waals surface area contributed by atoms with E-state index in [0.717, 1.165) is 5.56 Å². The molecule has 8 heteroatoms. The van der Waals surface area contributed by atoms with Crippen molar-refractivity contribution >= 4 is 30.0 Å². The van der Waals surface area contributed by atoms with E-state index < -0.39 is 11.9 Å². The second kappa shape index (κ2) is 11.1. The van der Waals surface area contributed by atoms with Crippen molar-refractivity contribution in [3.05, 3.63) is 95.2 Å². The average Bonchev–Trinajstić information content (AvgIpc) is 3.28. The number of carbonyl (C=O) groups excluding carboxylic acids is 2. The summed E-state index contributed by atoms with van der Waals surface area (Å²) >= 11 is 0. The summed E-state index contributed by atoms with van der Waals surface area (Å²) in [5.74, 6) is 0.334. The molecule has 0 spiro atoms. The van der Waals surface area contributed by atoms with Crippen molar-refractivity contribution in [1.29, 1.82) is 0 Å². The number of aliphatic imine (C=N–C) groups is 1. The monoisotopic (exact) mass is 485 g/mol. The first kappa shape index (κ1) is 24.3. The Hall–Kier alpha value is -4.85. The zero-order valence-corrected chi connectivity index (χ0v) is 19.9. The lowest BCUT2D eigenvalue weighted by atomic mass is 10.1. The molecular weight excluding hydrogens is 462 g/mol. The third-order valence-electron chi connectivity index (χ3n) is 5.17. The van der Waals surface area contributed by atoms with Crippen LogP contribution in [-0.4, -0.2) is 39.2 Å². The predicted molar refractivity (Wildman–Crippen MR) is 134 cm³/mol. The molecule has 0 atom stereocenters. The van der Waals surface area contributed by atoms with Crippen molar-refractivity contribution in [3.8, 4) is 23.0 Å². The number of esters is 2. The number of hydrogen-bond donors (Lipinski definition) is 0. The molecule has 1 aliphatic rings. The Morgan fingerprint density at radius 1 is 0.861 bits per heavy atom. The number of cyclic esters (lactones) is 1. The normalized spacial score (nSPS) is 13.9. The quantitative estimate of drug-likeness (QED) is 0.260. The van der Waals surface area contributed by atoms with Crippen molar-refractivity contribution in [3.63, 3.8) is 0 Å². The van der Waals surface area contributed by atoms with Gasteiger partial charge >= 0.3 is 11.9 Å². The van der Waals surface area contributed by atoms with Gasteiger partial charge in [0.05, 0.1) is 21.3 Å². The molecule has 36 heavy (non-hydrogen) atoms. The number of ether oxygens (including phenoxy) is 5. The molecule has 182 valence electrons. The topological polar surface area (TPSA) is 92.7 Å². The summed E-state index contributed by atoms with van der Waals surface area (Å²) in [7, 11) is 4.47. The molecule has 0 saturated heterocycles. The van der Waals surface area contributed by atoms with Crippen molar-refractivity contribution < 1.29 is 33.3 Å². The molecule has 8 nitrogen and oxygen atoms in total. The van der Waals surface area contributed by atoms with Crippen LogP contribution in [0.25, 0.3) is 12.2 Å². The summed E-state index contributed by atoms with van der Waals surface area (Å²) in [5, 5.41) is 0. The number of para-hydroxylation sites is 1. The molecule has 0 fully saturated rings. The van der Waals surface area contributed by atoms with E-state index in [-0.39, 0.29) is 17.3 Å². The Morgan fingerprint density at radius 2 is 1.53 bits per heavy atom. The fraction of sp³-hybridized carbons (Fsp3) is 0.107. The largest absolute Gasteiger partial charge is 0.493 e. The molecule has 0 radical (unpaired) electrons. The van der Waals surface area contributed by atoms with E-state index >= 15 is 0 Å². The summed E-state index contributed by atoms with van der Waals surface area (Å²) in [6.07, 6.45) is 4.49. The third-order valence-corrected chi connectivity index (χ3v) is 5.17. The maximum Gasteiger partial charge on any atom is 0.363 e. The molecule has 0 unspecified atom stereocenters. The molecule has 3 aromatic carbocycles. The zero-order chi connectivity index (χ0) is 25.5. The lowest BCUT2D eigenvalue weighted by molar-refractivity contribution is -0.130. The molecule has 0 N–H and O–H groups in total. The Morgan fingerprint density at radius 3 is 2.19 bits per heavy atom. The summed E-state index contributed by atoms with van der Waals surface area (Å²) in [5.41, 5.74) is 1.86. The number of benzene rings is 3. The standard InChI is InChI=1S/C28H23NO7/c1-32-23-16-20(17-24(33-2)26(23)34-3)27-29-21(28(31)36-27)15-19-11-7-8-12-22(19)35-25(30)14-13-18-9-5-4-6-10-18/h4-17H,1-3H3. The van der Waals surface area contributed by atoms with E-state index in [4.69, 9.17) is 23.7 Å². The van der Waals surface area contributed by atoms with Gasteiger partial charge in [0.25, 0.3) is 0 Å². The molecule has 0 aromatic heterocycles. The third kappa shape index (κ3) is 5.44. The Bertz CT molecular complexity index is 1350. The Kier molecular flexibility index (Phi) is 7.45. The first-order chi connectivity index (χ1) is 17.5. The number of methoxy groups -OCH3 is 3. The molecular formula is C28H23NO7. The van der Waals surface area contributed by atoms with Crippen LogP contribution in [0.5, 0.6) is 23.0 Å². The van der Waals surface area contributed by atoms with Gasteiger partial charge in [0.1, 0.15) is 5.75 Å². The Balaban J connectivity index is 1.60. The van der Waals surface area contributed by atoms with Crippen LogP contribution in [0.3, 0.4) is 0 Å². The van der Waals surface area contributed by atoms with Crippen molar-refractivity contribution in [2.45, 2.75) is 0 Å². The van der Waals surface area contributed by atoms with Crippen molar-refractivity contribution in [2.24, 2.45) is 4.99 Å². The second-order valence-electron chi connectivity index (χ2n) is 7.45. The van der Waals surface area contributed by atoms with Gasteiger partial charge in [-0.05, 0) is 35.9 Å². The lowest BCUT2D eigenvalue weighted by Crippen LogP contribution is -2.07. The molecule has 3 aromatic rings. The van der Waals surface area contributed by atoms with Crippen LogP contribution < -0.4 is 18.9 Å². The molecule has 0 saturated carbocycles. The van der Waals surface area contributed by atoms with Crippen LogP contribution in [0, 0.1) is 0 Å². The molecule has 1 heterocycles. The van der Waals surface area contributed by atoms with Crippen LogP contribution in [0.15, 0.2) is 83.5 Å². The fourth-order valence-corrected chi connectivity index (χ4v) is 3.45. The molecule has 1 aliphatic heterocycles. The van der Waals surface area contributed by atoms with Crippen LogP contribution in [-0.2, 0) is 14.3 Å². The van der Waals surface area contributed by atoms with Gasteiger partial charge in [0.15, 0.2) is 17.2 Å². The maximum absolute atomic E-state index is 12.6. The van der Waals surface area contributed by atoms with E-state index in [1.807, 2.05) is 30.3 Å². The first-order valence-electron chi connectivity index (χ1n) is 10.9. The number of carbonyl (C=O) groups is 2. The van der Waals surface area contributed by atoms with Gasteiger partial charge in [0, 0.05) is 17.2 Å². The van der Waals surface area contributed by atoms with Crippen molar-refractivity contribution in [1.82, 2.24) is 0 Å². The highest BCUT2D eigenvalue weighted by molar-refractivity contribution is 6.13. The molecule has 0 bridgehead atoms. The van der Waals surface area contributed by atoms with Crippen LogP contribution in [0.1, 0.15) is 16.7 Å². The molecule has 0 amide bonds. The maximum atomic E-state index is 12.6. The fourth-order valence-electron chi connectivity index (χ4n) is 3.45. The SMILES string of the molecule is COc1cc(C2=NC(=Cc3ccccc3OC(=O)C=Cc3ccccc3)C(=O)O2)cc(OC)c1OC. The molecule has 4 rings (SSSR count). The predicted octanol–water partition coefficient (Wildman–Crippen LogP) is 4.68. The first-order valence-corrected chi connectivity index (χ1v) is 10.9. The van der Waals surface area contributed by atoms with E-state index in [9.17, 15) is 9.59 Å². The number of nitrogens with zero attached hydrogens (tertiary/aromatic N) is 1. The second-order valence-corrected chi connectivity index (χ2v) is 7.45. The van der Waals surface area contributed by atoms with Crippen molar-refractivity contribution in [2.75, 3.05) is 21.3 Å². The summed E-state index contributed by atoms with van der Waals surface area (Å²) < 4.78 is 26.9. The van der Waals surface area contributed by atoms with E-state index in [1.54, 1.807) is 42.5 Å². The lowest BCUT2D eigenvalue weighted by Gasteiger charge is -2.13. The number of hydrogen-bond acceptors (Lipinski definition) is 8. The van der Waals surface area contributed by atoms with Crippen LogP contribution in [0.2, 0.25) is 0 Å². The van der Waals surface area contributed by atoms with Gasteiger partial charge in [0.2, 0.25) is 11.6 Å². The average molecular weight is 485 g/mol. The van der Waals surface area contributed by atoms with E-state index in [2.05, 4.69) is 4.99 Å². The minimum absolute atomic E-state index is 0.0436. The highest BCUT2D eigenvalue weighted by atomic mass is 16.6. The van der Waals surface area contributed by atoms with Gasteiger partial charge in [-0.25, -0.2) is 14.6 Å². The Labute approximate surface area is 208 Å². The zero-order valence-electron chi connectivity index (χ0n) is 19.9. The highest BCUT2D eigenvalue weighted by Crippen LogP contribution is 2.39. The minimum atomic E-state index is -0.649. The summed E-state index contributed by atoms with van der Waals surface area (Å²) in [4.78, 5) is 29.3. The van der Waals surface area contributed by atoms with Gasteiger partial charge in [-0.15, -0.1) is 0 Å². The van der Waals surface area contributed by atoms with Crippen LogP contribution in [0.4, 0.5) is 0 Å².